The molecule has 0 unspecified atom stereocenters. The topological polar surface area (TPSA) is 127 Å². The first-order valence-electron chi connectivity index (χ1n) is 14.3. The largest absolute Gasteiger partial charge is 0.433 e. The summed E-state index contributed by atoms with van der Waals surface area (Å²) in [5, 5.41) is 8.62. The van der Waals surface area contributed by atoms with Crippen molar-refractivity contribution in [2.75, 3.05) is 11.9 Å². The zero-order chi connectivity index (χ0) is 33.3. The molecule has 1 aliphatic heterocycles. The number of benzene rings is 2. The lowest BCUT2D eigenvalue weighted by atomic mass is 9.96. The molecule has 0 saturated carbocycles. The van der Waals surface area contributed by atoms with E-state index in [-0.39, 0.29) is 45.9 Å². The van der Waals surface area contributed by atoms with Crippen LogP contribution < -0.4 is 27.2 Å². The molecule has 5 rings (SSSR count). The van der Waals surface area contributed by atoms with Gasteiger partial charge < -0.3 is 20.5 Å². The van der Waals surface area contributed by atoms with Crippen LogP contribution in [-0.2, 0) is 31.6 Å². The maximum atomic E-state index is 14.1. The first kappa shape index (κ1) is 32.6. The average molecular weight is 655 g/mol. The van der Waals surface area contributed by atoms with Crippen molar-refractivity contribution in [2.45, 2.75) is 38.5 Å². The van der Waals surface area contributed by atoms with Gasteiger partial charge in [-0.25, -0.2) is 9.78 Å². The highest BCUT2D eigenvalue weighted by atomic mass is 35.5. The number of hydrogen-bond acceptors (Lipinski definition) is 6. The van der Waals surface area contributed by atoms with Crippen LogP contribution in [0.2, 0.25) is 5.02 Å². The second-order valence-corrected chi connectivity index (χ2v) is 11.4. The molecule has 4 aromatic rings. The molecule has 0 aliphatic carbocycles. The number of aryl methyl sites for hydroxylation is 1. The predicted octanol–water partition coefficient (Wildman–Crippen LogP) is 4.41. The van der Waals surface area contributed by atoms with E-state index in [9.17, 15) is 32.3 Å². The van der Waals surface area contributed by atoms with Crippen molar-refractivity contribution >= 4 is 29.1 Å². The summed E-state index contributed by atoms with van der Waals surface area (Å²) in [4.78, 5) is 53.0. The Hall–Kier alpha value is -4.75. The van der Waals surface area contributed by atoms with Gasteiger partial charge in [-0.2, -0.15) is 13.2 Å². The Morgan fingerprint density at radius 1 is 1.04 bits per heavy atom. The van der Waals surface area contributed by atoms with Crippen LogP contribution in [0, 0.1) is 6.92 Å². The molecule has 1 atom stereocenters. The number of nitrogens with zero attached hydrogens (tertiary/aromatic N) is 3. The summed E-state index contributed by atoms with van der Waals surface area (Å²) in [6, 6.07) is 12.7. The summed E-state index contributed by atoms with van der Waals surface area (Å²) in [5.41, 5.74) is -0.302. The Balaban J connectivity index is 1.44. The normalized spacial score (nSPS) is 14.8. The summed E-state index contributed by atoms with van der Waals surface area (Å²) in [5.74, 6) is -0.796. The number of aromatic nitrogens is 3. The van der Waals surface area contributed by atoms with E-state index in [4.69, 9.17) is 11.6 Å². The van der Waals surface area contributed by atoms with Gasteiger partial charge in [0, 0.05) is 62.7 Å². The van der Waals surface area contributed by atoms with Crippen LogP contribution in [0.15, 0.2) is 64.3 Å². The highest BCUT2D eigenvalue weighted by Crippen LogP contribution is 2.40. The minimum Gasteiger partial charge on any atom is -0.352 e. The van der Waals surface area contributed by atoms with Gasteiger partial charge in [-0.15, -0.1) is 0 Å². The third-order valence-electron chi connectivity index (χ3n) is 7.88. The van der Waals surface area contributed by atoms with E-state index in [0.29, 0.717) is 41.8 Å². The first-order chi connectivity index (χ1) is 21.8. The number of rotatable bonds is 8. The van der Waals surface area contributed by atoms with Crippen LogP contribution in [0.3, 0.4) is 0 Å². The Morgan fingerprint density at radius 2 is 1.74 bits per heavy atom. The monoisotopic (exact) mass is 654 g/mol. The molecule has 1 aliphatic rings. The predicted molar refractivity (Wildman–Crippen MR) is 168 cm³/mol. The molecule has 1 fully saturated rings. The molecule has 0 spiro atoms. The number of carbonyl (C=O) groups excluding carboxylic acids is 2. The van der Waals surface area contributed by atoms with Crippen LogP contribution in [0.4, 0.5) is 18.9 Å². The smallest absolute Gasteiger partial charge is 0.352 e. The highest BCUT2D eigenvalue weighted by molar-refractivity contribution is 6.36. The van der Waals surface area contributed by atoms with Gasteiger partial charge in [-0.3, -0.25) is 19.0 Å². The molecule has 3 heterocycles. The Labute approximate surface area is 266 Å². The van der Waals surface area contributed by atoms with Gasteiger partial charge in [0.05, 0.1) is 10.7 Å². The molecule has 2 amide bonds. The molecule has 10 nitrogen and oxygen atoms in total. The second kappa shape index (κ2) is 12.9. The number of halogens is 4. The molecular weight excluding hydrogens is 625 g/mol. The van der Waals surface area contributed by atoms with Gasteiger partial charge in [0.2, 0.25) is 5.91 Å². The van der Waals surface area contributed by atoms with Gasteiger partial charge in [-0.05, 0) is 42.2 Å². The van der Waals surface area contributed by atoms with Gasteiger partial charge >= 0.3 is 11.9 Å². The zero-order valence-electron chi connectivity index (χ0n) is 25.1. The summed E-state index contributed by atoms with van der Waals surface area (Å²) >= 11 is 6.82. The molecule has 0 radical (unpaired) electrons. The van der Waals surface area contributed by atoms with E-state index in [1.165, 1.54) is 26.2 Å². The van der Waals surface area contributed by atoms with E-state index in [2.05, 4.69) is 20.9 Å². The fourth-order valence-corrected chi connectivity index (χ4v) is 5.72. The van der Waals surface area contributed by atoms with Crippen LogP contribution in [0.1, 0.15) is 40.0 Å². The molecule has 0 bridgehead atoms. The standard InChI is InChI=1S/C32H30ClF3N6O4/c1-17-20(6-5-9-24(17)40-29(44)23-16-41(2)31(46)42(3)30(23)45)21-7-4-8-22(27(21)33)25-12-10-18(28(39-25)32(34,35)36)14-37-15-19-11-13-26(43)38-19/h4-10,12,16,19,37H,11,13-15H2,1-3H3,(H,38,43)(H,40,44)/t19-/m0/s1. The fraction of sp³-hybridized carbons (Fsp3) is 0.281. The van der Waals surface area contributed by atoms with Crippen molar-refractivity contribution in [1.29, 1.82) is 0 Å². The van der Waals surface area contributed by atoms with Crippen molar-refractivity contribution in [3.63, 3.8) is 0 Å². The second-order valence-electron chi connectivity index (χ2n) is 11.0. The third-order valence-corrected chi connectivity index (χ3v) is 8.28. The minimum atomic E-state index is -4.73. The van der Waals surface area contributed by atoms with Crippen molar-refractivity contribution < 1.29 is 22.8 Å². The summed E-state index contributed by atoms with van der Waals surface area (Å²) in [6.07, 6.45) is -2.55. The zero-order valence-corrected chi connectivity index (χ0v) is 25.8. The molecule has 240 valence electrons. The van der Waals surface area contributed by atoms with Gasteiger partial charge in [0.25, 0.3) is 11.5 Å². The van der Waals surface area contributed by atoms with E-state index < -0.39 is 29.0 Å². The summed E-state index contributed by atoms with van der Waals surface area (Å²) in [6.45, 7) is 1.97. The van der Waals surface area contributed by atoms with Gasteiger partial charge in [0.1, 0.15) is 11.3 Å². The van der Waals surface area contributed by atoms with Gasteiger partial charge in [-0.1, -0.05) is 48.0 Å². The fourth-order valence-electron chi connectivity index (χ4n) is 5.39. The lowest BCUT2D eigenvalue weighted by Gasteiger charge is -2.18. The number of anilines is 1. The molecule has 46 heavy (non-hydrogen) atoms. The van der Waals surface area contributed by atoms with Crippen LogP contribution >= 0.6 is 11.6 Å². The van der Waals surface area contributed by atoms with Crippen LogP contribution in [0.25, 0.3) is 22.4 Å². The minimum absolute atomic E-state index is 0.0265. The Morgan fingerprint density at radius 3 is 2.43 bits per heavy atom. The average Bonchev–Trinajstić information content (AvgIpc) is 3.43. The number of nitrogens with one attached hydrogen (secondary N) is 3. The Kier molecular flexibility index (Phi) is 9.17. The van der Waals surface area contributed by atoms with Crippen LogP contribution in [0.5, 0.6) is 0 Å². The maximum absolute atomic E-state index is 14.1. The molecule has 14 heteroatoms. The molecule has 2 aromatic carbocycles. The van der Waals surface area contributed by atoms with Crippen molar-refractivity contribution in [2.24, 2.45) is 14.1 Å². The van der Waals surface area contributed by atoms with Crippen molar-refractivity contribution in [1.82, 2.24) is 24.8 Å². The number of pyridine rings is 1. The number of amides is 2. The molecule has 2 aromatic heterocycles. The quantitative estimate of drug-likeness (QED) is 0.258. The number of hydrogen-bond donors (Lipinski definition) is 3. The van der Waals surface area contributed by atoms with Crippen molar-refractivity contribution in [3.8, 4) is 22.4 Å². The number of alkyl halides is 3. The lowest BCUT2D eigenvalue weighted by Crippen LogP contribution is -2.40. The highest BCUT2D eigenvalue weighted by Gasteiger charge is 2.36. The SMILES string of the molecule is Cc1c(NC(=O)c2cn(C)c(=O)n(C)c2=O)cccc1-c1cccc(-c2ccc(CNC[C@@H]3CCC(=O)N3)c(C(F)(F)F)n2)c1Cl. The summed E-state index contributed by atoms with van der Waals surface area (Å²) in [7, 11) is 2.70. The van der Waals surface area contributed by atoms with Gasteiger partial charge in [0.15, 0.2) is 0 Å². The summed E-state index contributed by atoms with van der Waals surface area (Å²) < 4.78 is 44.4. The van der Waals surface area contributed by atoms with E-state index >= 15 is 0 Å². The first-order valence-corrected chi connectivity index (χ1v) is 14.7. The third kappa shape index (κ3) is 6.60. The molecular formula is C32H30ClF3N6O4. The molecule has 1 saturated heterocycles. The van der Waals surface area contributed by atoms with Crippen LogP contribution in [-0.4, -0.2) is 38.5 Å². The molecule has 3 N–H and O–H groups in total. The van der Waals surface area contributed by atoms with E-state index in [1.54, 1.807) is 43.3 Å². The van der Waals surface area contributed by atoms with E-state index in [1.807, 2.05) is 0 Å². The van der Waals surface area contributed by atoms with E-state index in [0.717, 1.165) is 15.3 Å². The Bertz CT molecular complexity index is 1970. The lowest BCUT2D eigenvalue weighted by molar-refractivity contribution is -0.141. The van der Waals surface area contributed by atoms with Crippen molar-refractivity contribution in [3.05, 3.63) is 103 Å². The number of carbonyl (C=O) groups is 2. The maximum Gasteiger partial charge on any atom is 0.433 e.